The number of hydrogen-bond acceptors (Lipinski definition) is 10. The number of phenols is 1. The first kappa shape index (κ1) is 42.8. The Kier molecular flexibility index (Phi) is 11.9. The van der Waals surface area contributed by atoms with E-state index in [1.54, 1.807) is 11.0 Å². The van der Waals surface area contributed by atoms with Crippen LogP contribution in [0.2, 0.25) is 0 Å². The fourth-order valence-electron chi connectivity index (χ4n) is 11.4. The largest absolute Gasteiger partial charge is 0.503 e. The Labute approximate surface area is 369 Å². The molecule has 5 saturated heterocycles. The minimum absolute atomic E-state index is 0.133. The van der Waals surface area contributed by atoms with Crippen LogP contribution in [-0.4, -0.2) is 115 Å². The summed E-state index contributed by atoms with van der Waals surface area (Å²) < 4.78 is 14.4. The highest BCUT2D eigenvalue weighted by Gasteiger charge is 2.60. The van der Waals surface area contributed by atoms with E-state index in [2.05, 4.69) is 43.1 Å². The maximum absolute atomic E-state index is 14.4. The van der Waals surface area contributed by atoms with E-state index in [0.29, 0.717) is 48.8 Å². The molecule has 3 aromatic carbocycles. The average Bonchev–Trinajstić information content (AvgIpc) is 3.63. The molecule has 4 amide bonds. The molecule has 0 saturated carbocycles. The van der Waals surface area contributed by atoms with Crippen molar-refractivity contribution < 1.29 is 28.7 Å². The molecule has 2 N–H and O–H groups in total. The molecule has 2 atom stereocenters. The number of carbonyl (C=O) groups is 4. The molecule has 0 bridgehead atoms. The lowest BCUT2D eigenvalue weighted by atomic mass is 9.63. The minimum atomic E-state index is -0.783. The second-order valence-corrected chi connectivity index (χ2v) is 18.6. The maximum atomic E-state index is 14.4. The number of piperidine rings is 3. The Morgan fingerprint density at radius 3 is 1.98 bits per heavy atom. The van der Waals surface area contributed by atoms with Gasteiger partial charge < -0.3 is 29.6 Å². The summed E-state index contributed by atoms with van der Waals surface area (Å²) in [7, 11) is 0. The summed E-state index contributed by atoms with van der Waals surface area (Å²) in [5.74, 6) is -1.01. The number of phenolic OH excluding ortho intramolecular Hbond substituents is 1. The van der Waals surface area contributed by atoms with Crippen molar-refractivity contribution in [3.05, 3.63) is 82.7 Å². The van der Waals surface area contributed by atoms with Gasteiger partial charge in [-0.3, -0.25) is 29.4 Å². The molecule has 3 aromatic rings. The molecule has 63 heavy (non-hydrogen) atoms. The van der Waals surface area contributed by atoms with Gasteiger partial charge in [0.2, 0.25) is 17.7 Å². The first-order valence-corrected chi connectivity index (χ1v) is 23.1. The van der Waals surface area contributed by atoms with Crippen molar-refractivity contribution in [3.8, 4) is 11.8 Å². The van der Waals surface area contributed by atoms with Gasteiger partial charge in [-0.1, -0.05) is 26.0 Å². The second kappa shape index (κ2) is 17.6. The molecule has 14 heteroatoms. The van der Waals surface area contributed by atoms with E-state index >= 15 is 0 Å². The number of hydrogen-bond donors (Lipinski definition) is 2. The Hall–Kier alpha value is -5.52. The molecule has 6 aliphatic rings. The highest BCUT2D eigenvalue weighted by Crippen LogP contribution is 2.58. The van der Waals surface area contributed by atoms with Gasteiger partial charge in [0, 0.05) is 95.4 Å². The molecular formula is C49H59FN8O5. The van der Waals surface area contributed by atoms with Gasteiger partial charge in [0.15, 0.2) is 11.6 Å². The zero-order valence-corrected chi connectivity index (χ0v) is 36.5. The number of aromatic hydroxyl groups is 1. The van der Waals surface area contributed by atoms with E-state index in [-0.39, 0.29) is 35.7 Å². The van der Waals surface area contributed by atoms with Crippen LogP contribution in [0.15, 0.2) is 54.6 Å². The molecule has 0 radical (unpaired) electrons. The van der Waals surface area contributed by atoms with E-state index in [1.807, 2.05) is 38.1 Å². The van der Waals surface area contributed by atoms with Crippen molar-refractivity contribution in [2.24, 2.45) is 17.3 Å². The Bertz CT molecular complexity index is 2300. The summed E-state index contributed by atoms with van der Waals surface area (Å²) >= 11 is 0. The highest BCUT2D eigenvalue weighted by atomic mass is 19.1. The first-order valence-electron chi connectivity index (χ1n) is 23.1. The molecular weight excluding hydrogens is 800 g/mol. The van der Waals surface area contributed by atoms with Crippen LogP contribution in [0.25, 0.3) is 0 Å². The molecule has 5 fully saturated rings. The number of para-hydroxylation sites is 1. The van der Waals surface area contributed by atoms with Crippen molar-refractivity contribution >= 4 is 40.7 Å². The smallest absolute Gasteiger partial charge is 0.255 e. The summed E-state index contributed by atoms with van der Waals surface area (Å²) in [5.41, 5.74) is 4.36. The van der Waals surface area contributed by atoms with Crippen LogP contribution < -0.4 is 20.0 Å². The van der Waals surface area contributed by atoms with Crippen LogP contribution in [0, 0.1) is 34.4 Å². The van der Waals surface area contributed by atoms with Gasteiger partial charge in [-0.2, -0.15) is 5.26 Å². The third kappa shape index (κ3) is 7.92. The lowest BCUT2D eigenvalue weighted by molar-refractivity contribution is -0.141. The van der Waals surface area contributed by atoms with Crippen LogP contribution >= 0.6 is 0 Å². The van der Waals surface area contributed by atoms with Gasteiger partial charge in [0.25, 0.3) is 5.91 Å². The van der Waals surface area contributed by atoms with Crippen molar-refractivity contribution in [2.45, 2.75) is 83.8 Å². The van der Waals surface area contributed by atoms with E-state index < -0.39 is 29.1 Å². The predicted octanol–water partition coefficient (Wildman–Crippen LogP) is 5.81. The van der Waals surface area contributed by atoms with Crippen LogP contribution in [0.3, 0.4) is 0 Å². The van der Waals surface area contributed by atoms with Crippen LogP contribution in [0.1, 0.15) is 98.3 Å². The Morgan fingerprint density at radius 2 is 1.40 bits per heavy atom. The van der Waals surface area contributed by atoms with Crippen molar-refractivity contribution in [1.29, 1.82) is 5.26 Å². The molecule has 6 heterocycles. The van der Waals surface area contributed by atoms with Crippen molar-refractivity contribution in [2.75, 3.05) is 80.1 Å². The monoisotopic (exact) mass is 858 g/mol. The number of β-lactam (4-membered cyclic amide) rings is 1. The van der Waals surface area contributed by atoms with Gasteiger partial charge in [-0.15, -0.1) is 0 Å². The summed E-state index contributed by atoms with van der Waals surface area (Å²) in [5, 5.41) is 23.4. The number of imide groups is 1. The van der Waals surface area contributed by atoms with E-state index in [0.717, 1.165) is 114 Å². The molecule has 332 valence electrons. The second-order valence-electron chi connectivity index (χ2n) is 18.6. The number of carbonyl (C=O) groups excluding carboxylic acids is 4. The highest BCUT2D eigenvalue weighted by molar-refractivity contribution is 6.07. The number of halogens is 1. The number of rotatable bonds is 11. The normalized spacial score (nSPS) is 23.8. The number of piperazine rings is 1. The summed E-state index contributed by atoms with van der Waals surface area (Å²) in [4.78, 5) is 64.1. The number of benzene rings is 3. The molecule has 0 unspecified atom stereocenters. The topological polar surface area (TPSA) is 144 Å². The van der Waals surface area contributed by atoms with Crippen LogP contribution in [0.5, 0.6) is 5.75 Å². The maximum Gasteiger partial charge on any atom is 0.255 e. The zero-order valence-electron chi connectivity index (χ0n) is 36.5. The Morgan fingerprint density at radius 1 is 0.794 bits per heavy atom. The first-order chi connectivity index (χ1) is 30.5. The van der Waals surface area contributed by atoms with Crippen molar-refractivity contribution in [3.63, 3.8) is 0 Å². The molecule has 6 aliphatic heterocycles. The third-order valence-electron chi connectivity index (χ3n) is 15.3. The number of fused-ring (bicyclic) bond motifs is 1. The zero-order chi connectivity index (χ0) is 44.0. The molecule has 0 aliphatic carbocycles. The fraction of sp³-hybridized carbons (Fsp3) is 0.531. The van der Waals surface area contributed by atoms with Crippen LogP contribution in [-0.2, 0) is 20.9 Å². The lowest BCUT2D eigenvalue weighted by Gasteiger charge is -2.56. The molecule has 13 nitrogen and oxygen atoms in total. The average molecular weight is 859 g/mol. The number of anilines is 3. The molecule has 0 aromatic heterocycles. The summed E-state index contributed by atoms with van der Waals surface area (Å²) in [6.07, 6.45) is 6.18. The quantitative estimate of drug-likeness (QED) is 0.179. The van der Waals surface area contributed by atoms with Gasteiger partial charge in [0.1, 0.15) is 6.04 Å². The van der Waals surface area contributed by atoms with E-state index in [9.17, 15) is 33.9 Å². The molecule has 0 spiro atoms. The number of nitriles is 1. The minimum Gasteiger partial charge on any atom is -0.503 e. The summed E-state index contributed by atoms with van der Waals surface area (Å²) in [6.45, 7) is 14.7. The van der Waals surface area contributed by atoms with Gasteiger partial charge >= 0.3 is 0 Å². The van der Waals surface area contributed by atoms with Gasteiger partial charge in [0.05, 0.1) is 28.8 Å². The van der Waals surface area contributed by atoms with Crippen molar-refractivity contribution in [1.82, 2.24) is 20.0 Å². The van der Waals surface area contributed by atoms with Gasteiger partial charge in [-0.05, 0) is 110 Å². The SMILES string of the molecule is CCC1(CC)C(=O)N(c2cccc(F)c2O)[C@H]1c1ccc(N2CCC(CN3CCN(CC4CCN(c5ccc6c(c5)CN([C@H]5CCC(=O)NC5=O)C6=O)CC4)CC3)CC2)cc1C#N. The predicted molar refractivity (Wildman–Crippen MR) is 238 cm³/mol. The summed E-state index contributed by atoms with van der Waals surface area (Å²) in [6, 6.07) is 17.6. The fourth-order valence-corrected chi connectivity index (χ4v) is 11.4. The van der Waals surface area contributed by atoms with E-state index in [4.69, 9.17) is 0 Å². The number of amides is 4. The Balaban J connectivity index is 0.728. The molecule has 9 rings (SSSR count). The number of nitrogens with zero attached hydrogens (tertiary/aromatic N) is 7. The van der Waals surface area contributed by atoms with Gasteiger partial charge in [-0.25, -0.2) is 4.39 Å². The third-order valence-corrected chi connectivity index (χ3v) is 15.3. The lowest BCUT2D eigenvalue weighted by Crippen LogP contribution is -2.63. The standard InChI is InChI=1S/C49H59FN8O5/c1-3-49(4-2)45(58(48(49)63)41-7-5-6-40(50)44(41)60)38-10-8-36(26-34(38)28-51)55-18-14-32(15-19-55)29-53-22-24-54(25-23-53)30-33-16-20-56(21-17-33)37-9-11-39-35(27-37)31-57(47(39)62)42-12-13-43(59)52-46(42)61/h5-11,26-27,32-33,42,45,60H,3-4,12-25,29-31H2,1-2H3,(H,52,59,61)/t42-,45-/m0/s1. The number of nitrogens with one attached hydrogen (secondary N) is 1. The van der Waals surface area contributed by atoms with E-state index in [1.165, 1.54) is 17.0 Å². The van der Waals surface area contributed by atoms with Crippen LogP contribution in [0.4, 0.5) is 21.5 Å².